The van der Waals surface area contributed by atoms with Gasteiger partial charge in [0.25, 0.3) is 0 Å². The molecule has 0 saturated heterocycles. The number of rotatable bonds is 4. The molecule has 1 fully saturated rings. The monoisotopic (exact) mass is 227 g/mol. The molecule has 0 aromatic heterocycles. The molecule has 0 radical (unpaired) electrons. The number of benzene rings is 1. The molecular weight excluding hydrogens is 213 g/mol. The fourth-order valence-electron chi connectivity index (χ4n) is 2.00. The lowest BCUT2D eigenvalue weighted by Gasteiger charge is -2.15. The average Bonchev–Trinajstić information content (AvgIpc) is 3.01. The van der Waals surface area contributed by atoms with E-state index in [0.29, 0.717) is 35.4 Å². The smallest absolute Gasteiger partial charge is 0.127 e. The van der Waals surface area contributed by atoms with Gasteiger partial charge in [0.15, 0.2) is 0 Å². The molecule has 0 spiro atoms. The van der Waals surface area contributed by atoms with E-state index in [2.05, 4.69) is 0 Å². The maximum Gasteiger partial charge on any atom is 0.127 e. The van der Waals surface area contributed by atoms with Crippen LogP contribution in [-0.2, 0) is 6.42 Å². The maximum absolute atomic E-state index is 13.5. The second-order valence-electron chi connectivity index (χ2n) is 4.24. The summed E-state index contributed by atoms with van der Waals surface area (Å²) in [4.78, 5) is 0. The zero-order chi connectivity index (χ0) is 10.8. The fraction of sp³-hybridized carbons (Fsp3) is 0.500. The lowest BCUT2D eigenvalue weighted by molar-refractivity contribution is 0.459. The quantitative estimate of drug-likeness (QED) is 0.841. The van der Waals surface area contributed by atoms with Crippen LogP contribution < -0.4 is 5.73 Å². The van der Waals surface area contributed by atoms with Crippen LogP contribution in [0.5, 0.6) is 0 Å². The minimum atomic E-state index is -0.207. The Morgan fingerprint density at radius 2 is 2.20 bits per heavy atom. The number of halogens is 2. The Bertz CT molecular complexity index is 329. The second-order valence-corrected chi connectivity index (χ2v) is 4.64. The molecule has 15 heavy (non-hydrogen) atoms. The lowest BCUT2D eigenvalue weighted by atomic mass is 9.94. The standard InChI is InChI=1S/C12H15ClFN/c13-11-2-1-3-12(14)10(11)6-9(7-15)8-4-5-8/h1-3,8-9H,4-7,15H2. The van der Waals surface area contributed by atoms with E-state index in [4.69, 9.17) is 17.3 Å². The SMILES string of the molecule is NCC(Cc1c(F)cccc1Cl)C1CC1. The van der Waals surface area contributed by atoms with Crippen LogP contribution in [0.4, 0.5) is 4.39 Å². The minimum Gasteiger partial charge on any atom is -0.330 e. The Balaban J connectivity index is 2.14. The Hall–Kier alpha value is -0.600. The van der Waals surface area contributed by atoms with Crippen molar-refractivity contribution in [3.05, 3.63) is 34.6 Å². The van der Waals surface area contributed by atoms with Gasteiger partial charge in [0.1, 0.15) is 5.82 Å². The highest BCUT2D eigenvalue weighted by atomic mass is 35.5. The van der Waals surface area contributed by atoms with Gasteiger partial charge in [-0.25, -0.2) is 4.39 Å². The first-order valence-corrected chi connectivity index (χ1v) is 5.73. The molecule has 3 heteroatoms. The third-order valence-electron chi connectivity index (χ3n) is 3.12. The molecule has 2 N–H and O–H groups in total. The highest BCUT2D eigenvalue weighted by Crippen LogP contribution is 2.39. The van der Waals surface area contributed by atoms with Crippen LogP contribution >= 0.6 is 11.6 Å². The van der Waals surface area contributed by atoms with Gasteiger partial charge in [-0.3, -0.25) is 0 Å². The molecule has 1 nitrogen and oxygen atoms in total. The van der Waals surface area contributed by atoms with Crippen LogP contribution in [-0.4, -0.2) is 6.54 Å². The summed E-state index contributed by atoms with van der Waals surface area (Å²) in [6, 6.07) is 4.83. The van der Waals surface area contributed by atoms with Crippen molar-refractivity contribution in [3.8, 4) is 0 Å². The van der Waals surface area contributed by atoms with Crippen molar-refractivity contribution >= 4 is 11.6 Å². The molecule has 0 amide bonds. The first kappa shape index (κ1) is 10.9. The van der Waals surface area contributed by atoms with Gasteiger partial charge in [0, 0.05) is 10.6 Å². The van der Waals surface area contributed by atoms with Crippen LogP contribution in [0.3, 0.4) is 0 Å². The summed E-state index contributed by atoms with van der Waals surface area (Å²) in [5, 5.41) is 0.522. The van der Waals surface area contributed by atoms with Gasteiger partial charge in [-0.15, -0.1) is 0 Å². The molecule has 1 aliphatic rings. The van der Waals surface area contributed by atoms with Gasteiger partial charge in [0.05, 0.1) is 0 Å². The summed E-state index contributed by atoms with van der Waals surface area (Å²) in [5.74, 6) is 0.867. The largest absolute Gasteiger partial charge is 0.330 e. The van der Waals surface area contributed by atoms with Crippen molar-refractivity contribution in [2.24, 2.45) is 17.6 Å². The summed E-state index contributed by atoms with van der Waals surface area (Å²) in [7, 11) is 0. The van der Waals surface area contributed by atoms with Gasteiger partial charge in [-0.05, 0) is 49.8 Å². The van der Waals surface area contributed by atoms with Crippen molar-refractivity contribution in [3.63, 3.8) is 0 Å². The Morgan fingerprint density at radius 3 is 2.73 bits per heavy atom. The third-order valence-corrected chi connectivity index (χ3v) is 3.47. The van der Waals surface area contributed by atoms with E-state index in [-0.39, 0.29) is 5.82 Å². The minimum absolute atomic E-state index is 0.207. The van der Waals surface area contributed by atoms with Crippen LogP contribution in [0.2, 0.25) is 5.02 Å². The molecule has 1 aliphatic carbocycles. The molecule has 82 valence electrons. The van der Waals surface area contributed by atoms with Crippen LogP contribution in [0.15, 0.2) is 18.2 Å². The van der Waals surface area contributed by atoms with Crippen LogP contribution in [0, 0.1) is 17.7 Å². The van der Waals surface area contributed by atoms with Crippen LogP contribution in [0.1, 0.15) is 18.4 Å². The molecule has 1 atom stereocenters. The molecule has 1 aromatic carbocycles. The summed E-state index contributed by atoms with van der Waals surface area (Å²) in [6.45, 7) is 0.620. The predicted octanol–water partition coefficient (Wildman–Crippen LogP) is 3.01. The highest BCUT2D eigenvalue weighted by molar-refractivity contribution is 6.31. The Morgan fingerprint density at radius 1 is 1.47 bits per heavy atom. The summed E-state index contributed by atoms with van der Waals surface area (Å²) in [6.07, 6.45) is 3.13. The van der Waals surface area contributed by atoms with Crippen molar-refractivity contribution in [2.45, 2.75) is 19.3 Å². The van der Waals surface area contributed by atoms with Gasteiger partial charge < -0.3 is 5.73 Å². The van der Waals surface area contributed by atoms with Gasteiger partial charge in [-0.1, -0.05) is 17.7 Å². The Labute approximate surface area is 94.4 Å². The van der Waals surface area contributed by atoms with E-state index in [1.54, 1.807) is 12.1 Å². The van der Waals surface area contributed by atoms with Crippen molar-refractivity contribution in [2.75, 3.05) is 6.54 Å². The van der Waals surface area contributed by atoms with E-state index < -0.39 is 0 Å². The van der Waals surface area contributed by atoms with Gasteiger partial charge in [-0.2, -0.15) is 0 Å². The molecule has 1 saturated carbocycles. The van der Waals surface area contributed by atoms with Crippen molar-refractivity contribution in [1.29, 1.82) is 0 Å². The normalized spacial score (nSPS) is 17.8. The third kappa shape index (κ3) is 2.50. The molecule has 0 heterocycles. The zero-order valence-corrected chi connectivity index (χ0v) is 9.30. The molecule has 2 rings (SSSR count). The predicted molar refractivity (Wildman–Crippen MR) is 60.4 cm³/mol. The molecular formula is C12H15ClFN. The first-order valence-electron chi connectivity index (χ1n) is 5.35. The average molecular weight is 228 g/mol. The molecule has 0 aliphatic heterocycles. The van der Waals surface area contributed by atoms with E-state index in [9.17, 15) is 4.39 Å². The Kier molecular flexibility index (Phi) is 3.27. The highest BCUT2D eigenvalue weighted by Gasteiger charge is 2.31. The van der Waals surface area contributed by atoms with E-state index in [1.807, 2.05) is 0 Å². The van der Waals surface area contributed by atoms with Crippen molar-refractivity contribution < 1.29 is 4.39 Å². The topological polar surface area (TPSA) is 26.0 Å². The zero-order valence-electron chi connectivity index (χ0n) is 8.55. The summed E-state index contributed by atoms with van der Waals surface area (Å²) >= 11 is 5.97. The van der Waals surface area contributed by atoms with E-state index in [1.165, 1.54) is 18.9 Å². The molecule has 1 unspecified atom stereocenters. The molecule has 0 bridgehead atoms. The van der Waals surface area contributed by atoms with Crippen LogP contribution in [0.25, 0.3) is 0 Å². The summed E-state index contributed by atoms with van der Waals surface area (Å²) in [5.41, 5.74) is 6.32. The second kappa shape index (κ2) is 4.50. The maximum atomic E-state index is 13.5. The number of hydrogen-bond donors (Lipinski definition) is 1. The van der Waals surface area contributed by atoms with Gasteiger partial charge in [0.2, 0.25) is 0 Å². The number of hydrogen-bond acceptors (Lipinski definition) is 1. The lowest BCUT2D eigenvalue weighted by Crippen LogP contribution is -2.19. The van der Waals surface area contributed by atoms with Crippen molar-refractivity contribution in [1.82, 2.24) is 0 Å². The van der Waals surface area contributed by atoms with Gasteiger partial charge >= 0.3 is 0 Å². The van der Waals surface area contributed by atoms with E-state index in [0.717, 1.165) is 0 Å². The van der Waals surface area contributed by atoms with E-state index >= 15 is 0 Å². The molecule has 1 aromatic rings. The first-order chi connectivity index (χ1) is 7.22. The fourth-order valence-corrected chi connectivity index (χ4v) is 2.24. The summed E-state index contributed by atoms with van der Waals surface area (Å²) < 4.78 is 13.5. The number of nitrogens with two attached hydrogens (primary N) is 1.